The highest BCUT2D eigenvalue weighted by molar-refractivity contribution is 5.25. The lowest BCUT2D eigenvalue weighted by Gasteiger charge is -2.37. The van der Waals surface area contributed by atoms with Crippen LogP contribution in [0.5, 0.6) is 0 Å². The van der Waals surface area contributed by atoms with Crippen LogP contribution >= 0.6 is 0 Å². The van der Waals surface area contributed by atoms with Gasteiger partial charge in [0.05, 0.1) is 0 Å². The average Bonchev–Trinajstić information content (AvgIpc) is 2.44. The Morgan fingerprint density at radius 2 is 1.85 bits per heavy atom. The second kappa shape index (κ2) is 7.24. The molecule has 0 heterocycles. The van der Waals surface area contributed by atoms with E-state index in [9.17, 15) is 0 Å². The maximum absolute atomic E-state index is 6.09. The van der Waals surface area contributed by atoms with Crippen molar-refractivity contribution in [1.82, 2.24) is 4.90 Å². The Bertz CT molecular complexity index is 408. The van der Waals surface area contributed by atoms with Crippen LogP contribution in [0.4, 0.5) is 0 Å². The number of benzene rings is 1. The van der Waals surface area contributed by atoms with Gasteiger partial charge in [-0.1, -0.05) is 44.0 Å². The summed E-state index contributed by atoms with van der Waals surface area (Å²) in [5, 5.41) is 0. The van der Waals surface area contributed by atoms with E-state index in [1.807, 2.05) is 0 Å². The van der Waals surface area contributed by atoms with E-state index in [1.54, 1.807) is 0 Å². The Hall–Kier alpha value is -0.860. The molecule has 2 heteroatoms. The van der Waals surface area contributed by atoms with E-state index >= 15 is 0 Å². The van der Waals surface area contributed by atoms with E-state index in [0.717, 1.165) is 24.9 Å². The summed E-state index contributed by atoms with van der Waals surface area (Å²) in [5.41, 5.74) is 8.90. The first-order chi connectivity index (χ1) is 9.61. The molecule has 0 spiro atoms. The van der Waals surface area contributed by atoms with Crippen molar-refractivity contribution in [1.29, 1.82) is 0 Å². The predicted octanol–water partition coefficient (Wildman–Crippen LogP) is 3.58. The molecule has 0 aromatic heterocycles. The van der Waals surface area contributed by atoms with Crippen molar-refractivity contribution in [2.45, 2.75) is 52.1 Å². The van der Waals surface area contributed by atoms with E-state index in [0.29, 0.717) is 6.04 Å². The van der Waals surface area contributed by atoms with E-state index in [2.05, 4.69) is 50.1 Å². The Kier molecular flexibility index (Phi) is 5.62. The first-order valence-corrected chi connectivity index (χ1v) is 8.06. The summed E-state index contributed by atoms with van der Waals surface area (Å²) in [5.74, 6) is 1.69. The van der Waals surface area contributed by atoms with Crippen LogP contribution in [0.1, 0.15) is 43.7 Å². The van der Waals surface area contributed by atoms with Gasteiger partial charge in [-0.05, 0) is 49.8 Å². The number of likely N-dealkylation sites (N-methyl/N-ethyl adjacent to an activating group) is 1. The van der Waals surface area contributed by atoms with Crippen LogP contribution in [0.25, 0.3) is 0 Å². The third kappa shape index (κ3) is 3.83. The van der Waals surface area contributed by atoms with Crippen LogP contribution in [0.2, 0.25) is 0 Å². The monoisotopic (exact) mass is 274 g/mol. The fourth-order valence-electron chi connectivity index (χ4n) is 3.58. The number of nitrogens with zero attached hydrogens (tertiary/aromatic N) is 1. The lowest BCUT2D eigenvalue weighted by atomic mass is 9.78. The lowest BCUT2D eigenvalue weighted by Crippen LogP contribution is -2.44. The van der Waals surface area contributed by atoms with E-state index in [1.165, 1.54) is 36.8 Å². The highest BCUT2D eigenvalue weighted by Gasteiger charge is 2.27. The van der Waals surface area contributed by atoms with Gasteiger partial charge in [-0.25, -0.2) is 0 Å². The maximum Gasteiger partial charge on any atom is 0.0247 e. The Labute approximate surface area is 124 Å². The lowest BCUT2D eigenvalue weighted by molar-refractivity contribution is 0.130. The van der Waals surface area contributed by atoms with Gasteiger partial charge in [-0.2, -0.15) is 0 Å². The van der Waals surface area contributed by atoms with Crippen LogP contribution < -0.4 is 5.73 Å². The molecule has 1 aliphatic carbocycles. The molecule has 1 aliphatic rings. The molecule has 0 radical (unpaired) electrons. The van der Waals surface area contributed by atoms with Gasteiger partial charge >= 0.3 is 0 Å². The second-order valence-corrected chi connectivity index (χ2v) is 6.66. The number of rotatable bonds is 5. The molecule has 1 fully saturated rings. The van der Waals surface area contributed by atoms with Crippen molar-refractivity contribution in [3.63, 3.8) is 0 Å². The van der Waals surface area contributed by atoms with Gasteiger partial charge in [0.2, 0.25) is 0 Å². The van der Waals surface area contributed by atoms with Crippen molar-refractivity contribution in [3.8, 4) is 0 Å². The normalized spacial score (nSPS) is 24.9. The topological polar surface area (TPSA) is 29.3 Å². The van der Waals surface area contributed by atoms with E-state index in [-0.39, 0.29) is 0 Å². The third-order valence-corrected chi connectivity index (χ3v) is 5.09. The fourth-order valence-corrected chi connectivity index (χ4v) is 3.58. The largest absolute Gasteiger partial charge is 0.329 e. The Morgan fingerprint density at radius 3 is 2.45 bits per heavy atom. The fraction of sp³-hybridized carbons (Fsp3) is 0.667. The molecular weight excluding hydrogens is 244 g/mol. The van der Waals surface area contributed by atoms with Gasteiger partial charge in [-0.3, -0.25) is 4.90 Å². The minimum absolute atomic E-state index is 0.530. The van der Waals surface area contributed by atoms with Crippen LogP contribution in [0, 0.1) is 18.8 Å². The van der Waals surface area contributed by atoms with Crippen molar-refractivity contribution < 1.29 is 0 Å². The number of nitrogens with two attached hydrogens (primary N) is 1. The first kappa shape index (κ1) is 15.5. The summed E-state index contributed by atoms with van der Waals surface area (Å²) in [4.78, 5) is 2.48. The second-order valence-electron chi connectivity index (χ2n) is 6.66. The van der Waals surface area contributed by atoms with Crippen LogP contribution in [0.15, 0.2) is 24.3 Å². The first-order valence-electron chi connectivity index (χ1n) is 8.06. The molecule has 2 rings (SSSR count). The molecule has 0 aliphatic heterocycles. The zero-order valence-corrected chi connectivity index (χ0v) is 13.3. The summed E-state index contributed by atoms with van der Waals surface area (Å²) in [6.07, 6.45) is 5.45. The Morgan fingerprint density at radius 1 is 1.20 bits per heavy atom. The van der Waals surface area contributed by atoms with E-state index in [4.69, 9.17) is 5.73 Å². The van der Waals surface area contributed by atoms with Gasteiger partial charge in [-0.15, -0.1) is 0 Å². The average molecular weight is 274 g/mol. The Balaban J connectivity index is 1.98. The van der Waals surface area contributed by atoms with E-state index < -0.39 is 0 Å². The van der Waals surface area contributed by atoms with Crippen LogP contribution in [-0.4, -0.2) is 24.5 Å². The molecule has 1 saturated carbocycles. The van der Waals surface area contributed by atoms with Gasteiger partial charge in [0.15, 0.2) is 0 Å². The molecule has 1 aromatic carbocycles. The molecule has 2 nitrogen and oxygen atoms in total. The van der Waals surface area contributed by atoms with Crippen LogP contribution in [-0.2, 0) is 6.54 Å². The molecule has 0 amide bonds. The molecule has 0 saturated heterocycles. The minimum atomic E-state index is 0.530. The number of hydrogen-bond donors (Lipinski definition) is 1. The van der Waals surface area contributed by atoms with Gasteiger partial charge < -0.3 is 5.73 Å². The predicted molar refractivity (Wildman–Crippen MR) is 86.6 cm³/mol. The quantitative estimate of drug-likeness (QED) is 0.889. The molecule has 112 valence electrons. The zero-order valence-electron chi connectivity index (χ0n) is 13.3. The molecule has 1 unspecified atom stereocenters. The molecule has 0 bridgehead atoms. The van der Waals surface area contributed by atoms with Crippen molar-refractivity contribution in [2.75, 3.05) is 13.6 Å². The minimum Gasteiger partial charge on any atom is -0.329 e. The summed E-state index contributed by atoms with van der Waals surface area (Å²) in [6, 6.07) is 9.21. The smallest absolute Gasteiger partial charge is 0.0247 e. The van der Waals surface area contributed by atoms with Crippen LogP contribution in [0.3, 0.4) is 0 Å². The summed E-state index contributed by atoms with van der Waals surface area (Å²) in [7, 11) is 2.24. The standard InChI is InChI=1S/C18H30N2/c1-14-8-10-16(11-9-14)18(12-19)20(3)13-17-7-5-4-6-15(17)2/h4-7,14,16,18H,8-13,19H2,1-3H3. The third-order valence-electron chi connectivity index (χ3n) is 5.09. The molecule has 1 aromatic rings. The highest BCUT2D eigenvalue weighted by Crippen LogP contribution is 2.32. The maximum atomic E-state index is 6.09. The van der Waals surface area contributed by atoms with Gasteiger partial charge in [0.25, 0.3) is 0 Å². The number of aryl methyl sites for hydroxylation is 1. The molecular formula is C18H30N2. The van der Waals surface area contributed by atoms with Gasteiger partial charge in [0, 0.05) is 19.1 Å². The van der Waals surface area contributed by atoms with Gasteiger partial charge in [0.1, 0.15) is 0 Å². The molecule has 2 N–H and O–H groups in total. The van der Waals surface area contributed by atoms with Crippen molar-refractivity contribution in [2.24, 2.45) is 17.6 Å². The summed E-state index contributed by atoms with van der Waals surface area (Å²) >= 11 is 0. The molecule has 1 atom stereocenters. The highest BCUT2D eigenvalue weighted by atomic mass is 15.1. The van der Waals surface area contributed by atoms with Crippen molar-refractivity contribution in [3.05, 3.63) is 35.4 Å². The summed E-state index contributed by atoms with van der Waals surface area (Å²) < 4.78 is 0. The SMILES string of the molecule is Cc1ccccc1CN(C)C(CN)C1CCC(C)CC1. The molecule has 20 heavy (non-hydrogen) atoms. The number of hydrogen-bond acceptors (Lipinski definition) is 2. The zero-order chi connectivity index (χ0) is 14.5. The van der Waals surface area contributed by atoms with Crippen molar-refractivity contribution >= 4 is 0 Å². The summed E-state index contributed by atoms with van der Waals surface area (Å²) in [6.45, 7) is 6.37.